The van der Waals surface area contributed by atoms with E-state index in [2.05, 4.69) is 4.81 Å². The molecule has 1 heterocycles. The molecule has 0 bridgehead atoms. The van der Waals surface area contributed by atoms with Crippen molar-refractivity contribution in [3.05, 3.63) is 33.1 Å². The third-order valence-electron chi connectivity index (χ3n) is 1.37. The molecule has 5 nitrogen and oxygen atoms in total. The zero-order valence-corrected chi connectivity index (χ0v) is 6.47. The molecule has 1 radical (unpaired) electrons. The van der Waals surface area contributed by atoms with Crippen LogP contribution in [0.2, 0.25) is 0 Å². The van der Waals surface area contributed by atoms with Gasteiger partial charge in [-0.1, -0.05) is 0 Å². The molecule has 12 heavy (non-hydrogen) atoms. The van der Waals surface area contributed by atoms with Gasteiger partial charge in [0.05, 0.1) is 0 Å². The zero-order chi connectivity index (χ0) is 9.84. The fraction of sp³-hybridized carbons (Fsp3) is 0.200. The van der Waals surface area contributed by atoms with Crippen molar-refractivity contribution in [3.63, 3.8) is 0 Å². The Balaban J connectivity index is 3.35. The number of aryl methyl sites for hydroxylation is 1. The predicted molar refractivity (Wildman–Crippen MR) is 46.7 cm³/mol. The Labute approximate surface area is 71.4 Å². The molecule has 0 fully saturated rings. The van der Waals surface area contributed by atoms with Crippen LogP contribution in [-0.2, 0) is 7.05 Å². The minimum atomic E-state index is -0.488. The van der Waals surface area contributed by atoms with Crippen molar-refractivity contribution in [2.75, 3.05) is 0 Å². The van der Waals surface area contributed by atoms with Crippen LogP contribution in [0.3, 0.4) is 0 Å². The Kier molecular flexibility index (Phi) is 2.02. The monoisotopic (exact) mass is 163 g/mol. The molecule has 0 aliphatic heterocycles. The second kappa shape index (κ2) is 3.34. The van der Waals surface area contributed by atoms with Crippen LogP contribution < -0.4 is 11.2 Å². The first-order valence-electron chi connectivity index (χ1n) is 3.76. The number of rotatable bonds is 2. The molecule has 0 aliphatic rings. The van der Waals surface area contributed by atoms with Gasteiger partial charge < -0.3 is 0 Å². The third kappa shape index (κ3) is 1.44. The number of nitrogens with zero attached hydrogens (tertiary/aromatic N) is 3. The average Bonchev–Trinajstić information content (AvgIpc) is 2.12. The fourth-order valence-electron chi connectivity index (χ4n) is 0.757. The van der Waals surface area contributed by atoms with E-state index in [1.54, 1.807) is 0 Å². The Hall–Kier alpha value is -1.39. The van der Waals surface area contributed by atoms with Crippen LogP contribution in [-0.4, -0.2) is 25.5 Å². The van der Waals surface area contributed by atoms with Crippen molar-refractivity contribution in [3.8, 4) is 0 Å². The molecule has 0 saturated carbocycles. The first kappa shape index (κ1) is 7.27. The molecule has 0 aliphatic carbocycles. The molecule has 0 aromatic carbocycles. The van der Waals surface area contributed by atoms with E-state index in [1.807, 2.05) is 0 Å². The van der Waals surface area contributed by atoms with Gasteiger partial charge >= 0.3 is 70.5 Å². The Morgan fingerprint density at radius 3 is 3.17 bits per heavy atom. The van der Waals surface area contributed by atoms with Gasteiger partial charge in [0.15, 0.2) is 0 Å². The average molecular weight is 163 g/mol. The van der Waals surface area contributed by atoms with Crippen LogP contribution >= 0.6 is 0 Å². The van der Waals surface area contributed by atoms with Crippen molar-refractivity contribution in [1.82, 2.24) is 9.05 Å². The normalized spacial score (nSPS) is 10.9. The van der Waals surface area contributed by atoms with Crippen molar-refractivity contribution >= 4 is 15.2 Å². The molecule has 1 aromatic heterocycles. The van der Waals surface area contributed by atoms with Crippen LogP contribution in [0, 0.1) is 0 Å². The third-order valence-corrected chi connectivity index (χ3v) is 1.37. The molecule has 0 amide bonds. The van der Waals surface area contributed by atoms with E-state index >= 15 is 0 Å². The van der Waals surface area contributed by atoms with E-state index in [0.717, 1.165) is 19.6 Å². The quantitative estimate of drug-likeness (QED) is 0.474. The van der Waals surface area contributed by atoms with Crippen LogP contribution in [0.25, 0.3) is 0 Å². The van der Waals surface area contributed by atoms with Crippen LogP contribution in [0.15, 0.2) is 26.7 Å². The van der Waals surface area contributed by atoms with Gasteiger partial charge in [-0.25, -0.2) is 0 Å². The van der Waals surface area contributed by atoms with E-state index in [9.17, 15) is 9.59 Å². The topological polar surface area (TPSA) is 56.4 Å². The van der Waals surface area contributed by atoms with Gasteiger partial charge in [0.25, 0.3) is 0 Å². The van der Waals surface area contributed by atoms with E-state index in [1.165, 1.54) is 23.9 Å². The summed E-state index contributed by atoms with van der Waals surface area (Å²) in [5.74, 6) is 0. The summed E-state index contributed by atoms with van der Waals surface area (Å²) in [5.41, 5.74) is -0.952. The molecule has 0 unspecified atom stereocenters. The fourth-order valence-corrected chi connectivity index (χ4v) is 0.757. The van der Waals surface area contributed by atoms with Gasteiger partial charge in [0.2, 0.25) is 0 Å². The van der Waals surface area contributed by atoms with Gasteiger partial charge in [0.1, 0.15) is 0 Å². The summed E-state index contributed by atoms with van der Waals surface area (Å²) in [4.78, 5) is 25.7. The molecule has 0 N–H and O–H groups in total. The molecule has 1 aromatic rings. The van der Waals surface area contributed by atoms with Gasteiger partial charge in [0, 0.05) is 0 Å². The summed E-state index contributed by atoms with van der Waals surface area (Å²) < 4.78 is 8.67. The molecule has 0 saturated heterocycles. The molecule has 0 spiro atoms. The first-order valence-corrected chi connectivity index (χ1v) is 3.18. The molecular weight excluding hydrogens is 156 g/mol. The number of aromatic nitrogens is 2. The Morgan fingerprint density at radius 2 is 2.50 bits per heavy atom. The molecule has 7 heteroatoms. The van der Waals surface area contributed by atoms with Crippen molar-refractivity contribution in [1.29, 1.82) is 1.34 Å². The summed E-state index contributed by atoms with van der Waals surface area (Å²) in [6, 6.07) is 1.25. The maximum absolute atomic E-state index is 11.3. The van der Waals surface area contributed by atoms with Gasteiger partial charge in [-0.2, -0.15) is 0 Å². The van der Waals surface area contributed by atoms with Crippen LogP contribution in [0.1, 0.15) is 0 Å². The van der Waals surface area contributed by atoms with E-state index in [4.69, 9.17) is 1.34 Å². The first-order chi connectivity index (χ1) is 6.16. The summed E-state index contributed by atoms with van der Waals surface area (Å²) in [6.07, 6.45) is 1.37. The summed E-state index contributed by atoms with van der Waals surface area (Å²) in [5, 5.41) is 0. The molecular formula is C5H6B2N3O2. The van der Waals surface area contributed by atoms with Crippen LogP contribution in [0.5, 0.6) is 0 Å². The predicted octanol–water partition coefficient (Wildman–Crippen LogP) is -1.99. The number of hydrogen-bond donors (Lipinski definition) is 0. The maximum atomic E-state index is 11.3. The van der Waals surface area contributed by atoms with Gasteiger partial charge in [-0.05, 0) is 0 Å². The second-order valence-corrected chi connectivity index (χ2v) is 2.18. The molecule has 1 rings (SSSR count). The number of hydrogen-bond acceptors (Lipinski definition) is 3. The zero-order valence-electron chi connectivity index (χ0n) is 7.47. The molecule has 59 valence electrons. The van der Waals surface area contributed by atoms with E-state index in [-0.39, 0.29) is 0 Å². The second-order valence-electron chi connectivity index (χ2n) is 2.18. The Bertz CT molecular complexity index is 438. The summed E-state index contributed by atoms with van der Waals surface area (Å²) in [6.45, 7) is 0. The van der Waals surface area contributed by atoms with E-state index < -0.39 is 11.2 Å². The van der Waals surface area contributed by atoms with E-state index in [0.29, 0.717) is 0 Å². The SMILES string of the molecule is [2H][B]N=Bn1c(=O)ccn(C)c1=O. The van der Waals surface area contributed by atoms with Gasteiger partial charge in [-0.3, -0.25) is 0 Å². The van der Waals surface area contributed by atoms with Crippen molar-refractivity contribution in [2.24, 2.45) is 11.9 Å². The summed E-state index contributed by atoms with van der Waals surface area (Å²) in [7, 11) is 3.28. The standard InChI is InChI=1S/C5H6B2N3O2/c1-9-3-2-4(11)10(5(9)12)7-8-6/h2-3,6H,1H3/i6D. The van der Waals surface area contributed by atoms with Crippen molar-refractivity contribution < 1.29 is 0 Å². The minimum absolute atomic E-state index is 0.464. The van der Waals surface area contributed by atoms with Gasteiger partial charge in [-0.15, -0.1) is 0 Å². The summed E-state index contributed by atoms with van der Waals surface area (Å²) >= 11 is 0. The van der Waals surface area contributed by atoms with Crippen molar-refractivity contribution in [2.45, 2.75) is 0 Å². The molecule has 0 atom stereocenters. The van der Waals surface area contributed by atoms with Crippen LogP contribution in [0.4, 0.5) is 0 Å². The Morgan fingerprint density at radius 1 is 1.75 bits per heavy atom.